The second kappa shape index (κ2) is 18.3. The molecule has 0 aliphatic rings. The monoisotopic (exact) mass is 332 g/mol. The maximum absolute atomic E-state index is 9.58. The molecule has 0 bridgehead atoms. The van der Waals surface area contributed by atoms with Crippen molar-refractivity contribution >= 4 is 8.32 Å². The first kappa shape index (κ1) is 30.2. The van der Waals surface area contributed by atoms with Gasteiger partial charge in [-0.05, 0) is 31.5 Å². The Bertz CT molecular complexity index is 103. The first-order valence-electron chi connectivity index (χ1n) is 5.36. The summed E-state index contributed by atoms with van der Waals surface area (Å²) in [7, 11) is -1.67. The SMILES string of the molecule is CCC(C)O.CC[Si](O)(CC)CC.O.O.[Zr]. The van der Waals surface area contributed by atoms with E-state index < -0.39 is 8.32 Å². The molecule has 102 valence electrons. The minimum Gasteiger partial charge on any atom is -0.432 e. The summed E-state index contributed by atoms with van der Waals surface area (Å²) in [5.74, 6) is 0. The Morgan fingerprint density at radius 2 is 1.12 bits per heavy atom. The molecule has 0 aromatic heterocycles. The first-order chi connectivity index (χ1) is 5.95. The molecule has 0 aromatic rings. The van der Waals surface area contributed by atoms with Gasteiger partial charge in [0.25, 0.3) is 0 Å². The van der Waals surface area contributed by atoms with Crippen LogP contribution in [0.3, 0.4) is 0 Å². The fraction of sp³-hybridized carbons (Fsp3) is 1.00. The Labute approximate surface area is 120 Å². The molecule has 4 nitrogen and oxygen atoms in total. The Kier molecular flexibility index (Phi) is 34.5. The van der Waals surface area contributed by atoms with Gasteiger partial charge in [-0.2, -0.15) is 0 Å². The van der Waals surface area contributed by atoms with Crippen molar-refractivity contribution in [3.8, 4) is 0 Å². The van der Waals surface area contributed by atoms with E-state index >= 15 is 0 Å². The Balaban J connectivity index is -0.0000000454. The Morgan fingerprint density at radius 1 is 0.938 bits per heavy atom. The fourth-order valence-corrected chi connectivity index (χ4v) is 2.25. The third-order valence-electron chi connectivity index (χ3n) is 2.57. The van der Waals surface area contributed by atoms with Crippen LogP contribution in [-0.4, -0.2) is 35.3 Å². The Morgan fingerprint density at radius 3 is 1.12 bits per heavy atom. The van der Waals surface area contributed by atoms with Crippen molar-refractivity contribution in [2.45, 2.75) is 65.3 Å². The van der Waals surface area contributed by atoms with E-state index in [1.165, 1.54) is 0 Å². The number of aliphatic hydroxyl groups is 1. The van der Waals surface area contributed by atoms with E-state index in [0.717, 1.165) is 24.6 Å². The second-order valence-corrected chi connectivity index (χ2v) is 8.11. The van der Waals surface area contributed by atoms with E-state index in [0.29, 0.717) is 0 Å². The van der Waals surface area contributed by atoms with Gasteiger partial charge in [-0.15, -0.1) is 0 Å². The van der Waals surface area contributed by atoms with Gasteiger partial charge in [0.2, 0.25) is 0 Å². The molecule has 0 rings (SSSR count). The van der Waals surface area contributed by atoms with Crippen LogP contribution in [0.25, 0.3) is 0 Å². The van der Waals surface area contributed by atoms with Gasteiger partial charge < -0.3 is 20.9 Å². The minimum atomic E-state index is -1.67. The van der Waals surface area contributed by atoms with Crippen LogP contribution in [0.5, 0.6) is 0 Å². The van der Waals surface area contributed by atoms with Crippen molar-refractivity contribution < 1.29 is 47.1 Å². The van der Waals surface area contributed by atoms with Crippen LogP contribution < -0.4 is 0 Å². The molecule has 0 saturated heterocycles. The van der Waals surface area contributed by atoms with Crippen molar-refractivity contribution in [2.75, 3.05) is 0 Å². The van der Waals surface area contributed by atoms with Crippen molar-refractivity contribution in [3.05, 3.63) is 0 Å². The van der Waals surface area contributed by atoms with Crippen molar-refractivity contribution in [2.24, 2.45) is 0 Å². The van der Waals surface area contributed by atoms with E-state index in [9.17, 15) is 4.80 Å². The third-order valence-corrected chi connectivity index (χ3v) is 6.51. The van der Waals surface area contributed by atoms with E-state index in [2.05, 4.69) is 20.8 Å². The number of hydrogen-bond acceptors (Lipinski definition) is 2. The minimum absolute atomic E-state index is 0. The maximum Gasteiger partial charge on any atom is 0.187 e. The van der Waals surface area contributed by atoms with Crippen LogP contribution in [0.4, 0.5) is 0 Å². The maximum atomic E-state index is 9.58. The second-order valence-electron chi connectivity index (χ2n) is 3.54. The summed E-state index contributed by atoms with van der Waals surface area (Å²) in [6.45, 7) is 9.97. The van der Waals surface area contributed by atoms with Crippen LogP contribution in [0.15, 0.2) is 0 Å². The van der Waals surface area contributed by atoms with Gasteiger partial charge in [-0.25, -0.2) is 0 Å². The number of aliphatic hydroxyl groups excluding tert-OH is 1. The van der Waals surface area contributed by atoms with E-state index in [-0.39, 0.29) is 43.3 Å². The predicted molar refractivity (Wildman–Crippen MR) is 68.6 cm³/mol. The van der Waals surface area contributed by atoms with Crippen LogP contribution in [0, 0.1) is 0 Å². The summed E-state index contributed by atoms with van der Waals surface area (Å²) in [4.78, 5) is 9.58. The summed E-state index contributed by atoms with van der Waals surface area (Å²) in [6, 6.07) is 3.04. The zero-order valence-corrected chi connectivity index (χ0v) is 14.8. The van der Waals surface area contributed by atoms with Crippen molar-refractivity contribution in [1.29, 1.82) is 0 Å². The van der Waals surface area contributed by atoms with Gasteiger partial charge in [0.15, 0.2) is 8.32 Å². The molecule has 1 atom stereocenters. The first-order valence-corrected chi connectivity index (χ1v) is 7.93. The van der Waals surface area contributed by atoms with E-state index in [1.807, 2.05) is 6.92 Å². The summed E-state index contributed by atoms with van der Waals surface area (Å²) < 4.78 is 0. The van der Waals surface area contributed by atoms with Crippen LogP contribution in [-0.2, 0) is 26.2 Å². The van der Waals surface area contributed by atoms with Crippen molar-refractivity contribution in [3.63, 3.8) is 0 Å². The summed E-state index contributed by atoms with van der Waals surface area (Å²) in [5.41, 5.74) is 0. The summed E-state index contributed by atoms with van der Waals surface area (Å²) >= 11 is 0. The molecular weight excluding hydrogens is 303 g/mol. The fourth-order valence-electron chi connectivity index (χ4n) is 0.750. The predicted octanol–water partition coefficient (Wildman–Crippen LogP) is 1.11. The van der Waals surface area contributed by atoms with E-state index in [1.54, 1.807) is 6.92 Å². The van der Waals surface area contributed by atoms with Gasteiger partial charge >= 0.3 is 0 Å². The molecule has 6 heteroatoms. The molecule has 0 heterocycles. The molecule has 0 aliphatic heterocycles. The molecule has 1 unspecified atom stereocenters. The molecule has 16 heavy (non-hydrogen) atoms. The molecular formula is C10H30O4SiZr. The standard InChI is InChI=1S/C6H16OSi.C4H10O.2H2O.Zr/c1-4-8(7,5-2)6-3;1-3-4(2)5;;;/h7H,4-6H2,1-3H3;4-5H,3H2,1-2H3;2*1H2;. The quantitative estimate of drug-likeness (QED) is 0.752. The normalized spacial score (nSPS) is 10.7. The van der Waals surface area contributed by atoms with Gasteiger partial charge in [0.05, 0.1) is 6.10 Å². The van der Waals surface area contributed by atoms with Gasteiger partial charge in [0, 0.05) is 26.2 Å². The average Bonchev–Trinajstić information content (AvgIpc) is 2.17. The van der Waals surface area contributed by atoms with Crippen molar-refractivity contribution in [1.82, 2.24) is 0 Å². The summed E-state index contributed by atoms with van der Waals surface area (Å²) in [5, 5.41) is 8.36. The molecule has 0 amide bonds. The van der Waals surface area contributed by atoms with Gasteiger partial charge in [-0.3, -0.25) is 0 Å². The molecule has 0 aromatic carbocycles. The van der Waals surface area contributed by atoms with Gasteiger partial charge in [0.1, 0.15) is 0 Å². The van der Waals surface area contributed by atoms with E-state index in [4.69, 9.17) is 5.11 Å². The molecule has 6 N–H and O–H groups in total. The Hall–Kier alpha value is 0.940. The zero-order valence-electron chi connectivity index (χ0n) is 11.3. The molecule has 0 fully saturated rings. The van der Waals surface area contributed by atoms with Crippen LogP contribution in [0.2, 0.25) is 18.1 Å². The molecule has 0 saturated carbocycles. The molecule has 0 aliphatic carbocycles. The number of rotatable bonds is 4. The smallest absolute Gasteiger partial charge is 0.187 e. The van der Waals surface area contributed by atoms with Crippen LogP contribution >= 0.6 is 0 Å². The molecule has 0 spiro atoms. The topological polar surface area (TPSA) is 103 Å². The average molecular weight is 334 g/mol. The number of hydrogen-bond donors (Lipinski definition) is 2. The van der Waals surface area contributed by atoms with Gasteiger partial charge in [-0.1, -0.05) is 27.7 Å². The zero-order chi connectivity index (χ0) is 10.9. The van der Waals surface area contributed by atoms with Crippen LogP contribution in [0.1, 0.15) is 41.0 Å². The molecule has 0 radical (unpaired) electrons. The summed E-state index contributed by atoms with van der Waals surface area (Å²) in [6.07, 6.45) is 0.745. The largest absolute Gasteiger partial charge is 0.432 e. The third kappa shape index (κ3) is 20.4.